The summed E-state index contributed by atoms with van der Waals surface area (Å²) < 4.78 is 1.94. The molecule has 11 heteroatoms. The fraction of sp³-hybridized carbons (Fsp3) is 0.111. The average Bonchev–Trinajstić information content (AvgIpc) is 2.90. The molecule has 0 bridgehead atoms. The van der Waals surface area contributed by atoms with Crippen molar-refractivity contribution in [3.8, 4) is 0 Å². The Bertz CT molecular complexity index is 1550. The second kappa shape index (κ2) is 11.3. The summed E-state index contributed by atoms with van der Waals surface area (Å²) in [5, 5.41) is 25.7. The highest BCUT2D eigenvalue weighted by molar-refractivity contribution is 8.93. The quantitative estimate of drug-likeness (QED) is 0.108. The third-order valence-electron chi connectivity index (χ3n) is 6.11. The van der Waals surface area contributed by atoms with Crippen LogP contribution in [0.5, 0.6) is 0 Å². The number of carbonyl (C=O) groups is 2. The van der Waals surface area contributed by atoms with Crippen molar-refractivity contribution in [3.63, 3.8) is 0 Å². The number of hydrazone groups is 1. The number of imide groups is 1. The summed E-state index contributed by atoms with van der Waals surface area (Å²) in [5.41, 5.74) is 6.26. The second-order valence-electron chi connectivity index (χ2n) is 8.48. The third kappa shape index (κ3) is 5.15. The maximum absolute atomic E-state index is 12.8. The predicted octanol–water partition coefficient (Wildman–Crippen LogP) is 3.70. The molecule has 0 aliphatic carbocycles. The van der Waals surface area contributed by atoms with Crippen molar-refractivity contribution in [3.05, 3.63) is 111 Å². The number of nitro groups is 1. The number of nitrogens with zero attached hydrogens (tertiary/aromatic N) is 4. The van der Waals surface area contributed by atoms with Gasteiger partial charge in [0.1, 0.15) is 0 Å². The van der Waals surface area contributed by atoms with Crippen LogP contribution in [0.2, 0.25) is 0 Å². The van der Waals surface area contributed by atoms with Gasteiger partial charge in [0.2, 0.25) is 0 Å². The van der Waals surface area contributed by atoms with Gasteiger partial charge < -0.3 is 5.11 Å². The Balaban J connectivity index is 0.00000336. The number of nitrogens with one attached hydrogen (secondary N) is 1. The van der Waals surface area contributed by atoms with Gasteiger partial charge in [-0.05, 0) is 36.4 Å². The van der Waals surface area contributed by atoms with Crippen LogP contribution < -0.4 is 9.99 Å². The van der Waals surface area contributed by atoms with Gasteiger partial charge in [-0.1, -0.05) is 12.1 Å². The van der Waals surface area contributed by atoms with Gasteiger partial charge in [-0.15, -0.1) is 17.0 Å². The standard InChI is InChI=1S/C27H21N5O5.BrH/c33-14-13-31-26(34)22-5-1-4-21-24(11-10-23(25(21)22)27(31)35)29-28-15-19-3-2-12-30(17-19)16-18-6-8-20(9-7-18)32(36)37;/h1-12,15,17,33H,13-14,16H2;1H/p+1/b28-15+;. The Morgan fingerprint density at radius 2 is 1.74 bits per heavy atom. The zero-order valence-electron chi connectivity index (χ0n) is 20.0. The fourth-order valence-electron chi connectivity index (χ4n) is 4.37. The second-order valence-corrected chi connectivity index (χ2v) is 8.48. The number of non-ortho nitro benzene ring substituents is 1. The summed E-state index contributed by atoms with van der Waals surface area (Å²) in [4.78, 5) is 37.2. The van der Waals surface area contributed by atoms with E-state index in [-0.39, 0.29) is 35.8 Å². The predicted molar refractivity (Wildman–Crippen MR) is 147 cm³/mol. The number of aromatic nitrogens is 1. The molecule has 1 aliphatic heterocycles. The van der Waals surface area contributed by atoms with Gasteiger partial charge in [0.05, 0.1) is 35.5 Å². The van der Waals surface area contributed by atoms with Gasteiger partial charge in [-0.25, -0.2) is 4.57 Å². The van der Waals surface area contributed by atoms with Crippen molar-refractivity contribution in [2.75, 3.05) is 18.6 Å². The number of pyridine rings is 1. The first kappa shape index (κ1) is 26.6. The molecule has 0 atom stereocenters. The van der Waals surface area contributed by atoms with Gasteiger partial charge in [-0.3, -0.25) is 30.0 Å². The number of rotatable bonds is 8. The third-order valence-corrected chi connectivity index (χ3v) is 6.11. The molecule has 1 aromatic heterocycles. The van der Waals surface area contributed by atoms with Crippen LogP contribution in [0.15, 0.2) is 84.2 Å². The van der Waals surface area contributed by atoms with Crippen molar-refractivity contribution in [2.45, 2.75) is 6.54 Å². The highest BCUT2D eigenvalue weighted by Crippen LogP contribution is 2.34. The minimum absolute atomic E-state index is 0. The van der Waals surface area contributed by atoms with E-state index in [4.69, 9.17) is 0 Å². The van der Waals surface area contributed by atoms with E-state index in [0.29, 0.717) is 34.1 Å². The summed E-state index contributed by atoms with van der Waals surface area (Å²) in [5.74, 6) is -0.862. The number of carbonyl (C=O) groups excluding carboxylic acids is 2. The normalized spacial score (nSPS) is 12.6. The molecule has 0 saturated heterocycles. The molecule has 192 valence electrons. The van der Waals surface area contributed by atoms with Gasteiger partial charge in [0.15, 0.2) is 18.9 Å². The molecular weight excluding hydrogens is 554 g/mol. The Kier molecular flexibility index (Phi) is 7.89. The molecule has 0 radical (unpaired) electrons. The smallest absolute Gasteiger partial charge is 0.269 e. The fourth-order valence-corrected chi connectivity index (χ4v) is 4.37. The molecule has 3 aromatic carbocycles. The van der Waals surface area contributed by atoms with Crippen molar-refractivity contribution in [1.29, 1.82) is 0 Å². The highest BCUT2D eigenvalue weighted by atomic mass is 79.9. The lowest BCUT2D eigenvalue weighted by atomic mass is 9.93. The van der Waals surface area contributed by atoms with Crippen molar-refractivity contribution < 1.29 is 24.2 Å². The summed E-state index contributed by atoms with van der Waals surface area (Å²) >= 11 is 0. The Morgan fingerprint density at radius 3 is 2.45 bits per heavy atom. The number of halogens is 1. The van der Waals surface area contributed by atoms with E-state index < -0.39 is 16.7 Å². The van der Waals surface area contributed by atoms with E-state index in [1.54, 1.807) is 42.6 Å². The molecule has 2 N–H and O–H groups in total. The van der Waals surface area contributed by atoms with Crippen LogP contribution in [0, 0.1) is 10.1 Å². The lowest BCUT2D eigenvalue weighted by molar-refractivity contribution is -0.688. The summed E-state index contributed by atoms with van der Waals surface area (Å²) in [6.07, 6.45) is 5.45. The Morgan fingerprint density at radius 1 is 1.00 bits per heavy atom. The first-order valence-corrected chi connectivity index (χ1v) is 11.5. The number of aliphatic hydroxyl groups excluding tert-OH is 1. The minimum atomic E-state index is -0.431. The van der Waals surface area contributed by atoms with Crippen LogP contribution in [0.25, 0.3) is 10.8 Å². The number of anilines is 1. The topological polar surface area (TPSA) is 129 Å². The first-order chi connectivity index (χ1) is 18.0. The van der Waals surface area contributed by atoms with Crippen LogP contribution >= 0.6 is 17.0 Å². The van der Waals surface area contributed by atoms with E-state index in [9.17, 15) is 24.8 Å². The summed E-state index contributed by atoms with van der Waals surface area (Å²) in [6, 6.07) is 18.8. The molecule has 10 nitrogen and oxygen atoms in total. The first-order valence-electron chi connectivity index (χ1n) is 11.5. The number of aliphatic hydroxyl groups is 1. The van der Waals surface area contributed by atoms with Gasteiger partial charge in [0.25, 0.3) is 17.5 Å². The zero-order valence-corrected chi connectivity index (χ0v) is 21.7. The number of nitro benzene ring substituents is 1. The molecule has 1 aliphatic rings. The molecule has 5 rings (SSSR count). The van der Waals surface area contributed by atoms with E-state index in [2.05, 4.69) is 10.5 Å². The number of hydrogen-bond donors (Lipinski definition) is 2. The van der Waals surface area contributed by atoms with Crippen LogP contribution in [0.3, 0.4) is 0 Å². The molecule has 0 fully saturated rings. The molecule has 38 heavy (non-hydrogen) atoms. The zero-order chi connectivity index (χ0) is 25.9. The van der Waals surface area contributed by atoms with Crippen molar-refractivity contribution in [1.82, 2.24) is 4.90 Å². The van der Waals surface area contributed by atoms with Crippen LogP contribution in [0.1, 0.15) is 31.8 Å². The number of β-amino-alcohol motifs (C(OH)–C–C–N with tert-alkyl or cyclic N) is 1. The molecule has 0 unspecified atom stereocenters. The number of hydrogen-bond acceptors (Lipinski definition) is 7. The van der Waals surface area contributed by atoms with E-state index in [1.807, 2.05) is 35.2 Å². The van der Waals surface area contributed by atoms with E-state index in [0.717, 1.165) is 16.0 Å². The van der Waals surface area contributed by atoms with Crippen LogP contribution in [0.4, 0.5) is 11.4 Å². The molecule has 2 heterocycles. The van der Waals surface area contributed by atoms with Gasteiger partial charge in [-0.2, -0.15) is 5.10 Å². The highest BCUT2D eigenvalue weighted by Gasteiger charge is 2.32. The molecule has 2 amide bonds. The van der Waals surface area contributed by atoms with E-state index >= 15 is 0 Å². The van der Waals surface area contributed by atoms with Crippen LogP contribution in [-0.2, 0) is 6.54 Å². The SMILES string of the molecule is Br.O=C1c2cccc3c(N/N=C/c4ccc[n+](Cc5ccc([N+](=O)[O-])cc5)c4)ccc(c23)C(=O)N1CCO. The van der Waals surface area contributed by atoms with Gasteiger partial charge >= 0.3 is 0 Å². The molecule has 4 aromatic rings. The minimum Gasteiger partial charge on any atom is -0.395 e. The molecule has 0 spiro atoms. The number of amides is 2. The van der Waals surface area contributed by atoms with Crippen molar-refractivity contribution in [2.24, 2.45) is 5.10 Å². The Hall–Kier alpha value is -4.48. The Labute approximate surface area is 227 Å². The van der Waals surface area contributed by atoms with Crippen molar-refractivity contribution >= 4 is 57.2 Å². The monoisotopic (exact) mass is 576 g/mol. The number of benzene rings is 3. The summed E-state index contributed by atoms with van der Waals surface area (Å²) in [7, 11) is 0. The van der Waals surface area contributed by atoms with Gasteiger partial charge in [0, 0.05) is 45.7 Å². The lowest BCUT2D eigenvalue weighted by Gasteiger charge is -2.27. The average molecular weight is 577 g/mol. The maximum atomic E-state index is 12.8. The van der Waals surface area contributed by atoms with E-state index in [1.165, 1.54) is 12.1 Å². The largest absolute Gasteiger partial charge is 0.395 e. The summed E-state index contributed by atoms with van der Waals surface area (Å²) in [6.45, 7) is 0.181. The lowest BCUT2D eigenvalue weighted by Crippen LogP contribution is -2.41. The maximum Gasteiger partial charge on any atom is 0.269 e. The molecular formula is C27H23BrN5O5+. The van der Waals surface area contributed by atoms with Crippen LogP contribution in [-0.4, -0.2) is 46.1 Å². The molecule has 0 saturated carbocycles.